The molecule has 1 rings (SSSR count). The van der Waals surface area contributed by atoms with Gasteiger partial charge in [-0.05, 0) is 6.92 Å². The second-order valence-corrected chi connectivity index (χ2v) is 2.35. The number of hydrogen-bond acceptors (Lipinski definition) is 2. The monoisotopic (exact) mass is 165 g/mol. The fourth-order valence-electron chi connectivity index (χ4n) is 0.956. The number of aromatic nitrogens is 2. The molecule has 0 aromatic carbocycles. The SMILES string of the molecule is C=Cn1c(C)cnc1C(=O)NC. The second-order valence-electron chi connectivity index (χ2n) is 2.35. The number of imidazole rings is 1. The first-order valence-corrected chi connectivity index (χ1v) is 3.59. The summed E-state index contributed by atoms with van der Waals surface area (Å²) in [5.41, 5.74) is 0.892. The van der Waals surface area contributed by atoms with Crippen molar-refractivity contribution in [3.63, 3.8) is 0 Å². The lowest BCUT2D eigenvalue weighted by Crippen LogP contribution is -2.21. The van der Waals surface area contributed by atoms with Crippen molar-refractivity contribution in [1.29, 1.82) is 0 Å². The second kappa shape index (κ2) is 3.21. The Kier molecular flexibility index (Phi) is 2.28. The highest BCUT2D eigenvalue weighted by Gasteiger charge is 2.10. The van der Waals surface area contributed by atoms with Crippen molar-refractivity contribution < 1.29 is 4.79 Å². The number of nitrogens with zero attached hydrogens (tertiary/aromatic N) is 2. The quantitative estimate of drug-likeness (QED) is 0.699. The van der Waals surface area contributed by atoms with Crippen molar-refractivity contribution in [2.24, 2.45) is 0 Å². The van der Waals surface area contributed by atoms with Gasteiger partial charge in [0.05, 0.1) is 0 Å². The van der Waals surface area contributed by atoms with Crippen molar-refractivity contribution in [2.45, 2.75) is 6.92 Å². The summed E-state index contributed by atoms with van der Waals surface area (Å²) < 4.78 is 1.64. The molecular formula is C8H11N3O. The van der Waals surface area contributed by atoms with Gasteiger partial charge in [0.1, 0.15) is 0 Å². The van der Waals surface area contributed by atoms with Crippen LogP contribution >= 0.6 is 0 Å². The van der Waals surface area contributed by atoms with Gasteiger partial charge in [0, 0.05) is 25.1 Å². The lowest BCUT2D eigenvalue weighted by atomic mass is 10.5. The first kappa shape index (κ1) is 8.52. The number of rotatable bonds is 2. The molecule has 4 heteroatoms. The molecule has 4 nitrogen and oxygen atoms in total. The van der Waals surface area contributed by atoms with Gasteiger partial charge in [-0.3, -0.25) is 4.79 Å². The predicted molar refractivity (Wildman–Crippen MR) is 46.7 cm³/mol. The van der Waals surface area contributed by atoms with Crippen LogP contribution in [0.3, 0.4) is 0 Å². The van der Waals surface area contributed by atoms with Crippen molar-refractivity contribution in [3.8, 4) is 0 Å². The fourth-order valence-corrected chi connectivity index (χ4v) is 0.956. The molecule has 0 aliphatic rings. The summed E-state index contributed by atoms with van der Waals surface area (Å²) in [6.45, 7) is 5.45. The molecule has 1 aromatic rings. The Balaban J connectivity index is 3.15. The third kappa shape index (κ3) is 1.23. The molecule has 0 unspecified atom stereocenters. The maximum atomic E-state index is 11.2. The van der Waals surface area contributed by atoms with Crippen LogP contribution in [-0.4, -0.2) is 22.5 Å². The molecule has 0 saturated heterocycles. The molecule has 1 aromatic heterocycles. The van der Waals surface area contributed by atoms with Gasteiger partial charge >= 0.3 is 0 Å². The van der Waals surface area contributed by atoms with Crippen LogP contribution in [0.25, 0.3) is 6.20 Å². The molecule has 1 heterocycles. The number of amides is 1. The van der Waals surface area contributed by atoms with Gasteiger partial charge in [0.2, 0.25) is 5.82 Å². The Labute approximate surface area is 70.9 Å². The van der Waals surface area contributed by atoms with Crippen molar-refractivity contribution in [3.05, 3.63) is 24.3 Å². The van der Waals surface area contributed by atoms with Crippen LogP contribution in [0.15, 0.2) is 12.8 Å². The summed E-state index contributed by atoms with van der Waals surface area (Å²) in [6.07, 6.45) is 3.19. The topological polar surface area (TPSA) is 46.9 Å². The van der Waals surface area contributed by atoms with Gasteiger partial charge in [-0.15, -0.1) is 0 Å². The molecule has 0 aliphatic carbocycles. The van der Waals surface area contributed by atoms with Gasteiger partial charge in [-0.25, -0.2) is 4.98 Å². The maximum absolute atomic E-state index is 11.2. The van der Waals surface area contributed by atoms with E-state index in [1.165, 1.54) is 0 Å². The number of aryl methyl sites for hydroxylation is 1. The van der Waals surface area contributed by atoms with Crippen LogP contribution in [0.4, 0.5) is 0 Å². The van der Waals surface area contributed by atoms with Crippen LogP contribution < -0.4 is 5.32 Å². The van der Waals surface area contributed by atoms with Crippen molar-refractivity contribution >= 4 is 12.1 Å². The first-order valence-electron chi connectivity index (χ1n) is 3.59. The molecule has 0 fully saturated rings. The molecular weight excluding hydrogens is 154 g/mol. The Bertz CT molecular complexity index is 314. The maximum Gasteiger partial charge on any atom is 0.287 e. The Hall–Kier alpha value is -1.58. The number of hydrogen-bond donors (Lipinski definition) is 1. The van der Waals surface area contributed by atoms with Crippen LogP contribution in [0.5, 0.6) is 0 Å². The van der Waals surface area contributed by atoms with Gasteiger partial charge < -0.3 is 9.88 Å². The summed E-state index contributed by atoms with van der Waals surface area (Å²) in [6, 6.07) is 0. The van der Waals surface area contributed by atoms with E-state index in [-0.39, 0.29) is 5.91 Å². The number of carbonyl (C=O) groups excluding carboxylic acids is 1. The molecule has 0 spiro atoms. The van der Waals surface area contributed by atoms with Crippen LogP contribution in [-0.2, 0) is 0 Å². The van der Waals surface area contributed by atoms with Gasteiger partial charge in [0.25, 0.3) is 5.91 Å². The molecule has 1 amide bonds. The van der Waals surface area contributed by atoms with E-state index >= 15 is 0 Å². The third-order valence-corrected chi connectivity index (χ3v) is 1.59. The van der Waals surface area contributed by atoms with Crippen LogP contribution in [0.2, 0.25) is 0 Å². The van der Waals surface area contributed by atoms with Crippen LogP contribution in [0, 0.1) is 6.92 Å². The Morgan fingerprint density at radius 2 is 2.50 bits per heavy atom. The highest BCUT2D eigenvalue weighted by Crippen LogP contribution is 2.03. The van der Waals surface area contributed by atoms with E-state index in [0.717, 1.165) is 5.69 Å². The molecule has 0 bridgehead atoms. The molecule has 1 N–H and O–H groups in total. The van der Waals surface area contributed by atoms with E-state index in [1.807, 2.05) is 6.92 Å². The standard InChI is InChI=1S/C8H11N3O/c1-4-11-6(2)5-10-7(11)8(12)9-3/h4-5H,1H2,2-3H3,(H,9,12). The van der Waals surface area contributed by atoms with E-state index in [2.05, 4.69) is 16.9 Å². The predicted octanol–water partition coefficient (Wildman–Crippen LogP) is 0.652. The summed E-state index contributed by atoms with van der Waals surface area (Å²) in [4.78, 5) is 15.1. The lowest BCUT2D eigenvalue weighted by Gasteiger charge is -2.01. The molecule has 12 heavy (non-hydrogen) atoms. The van der Waals surface area contributed by atoms with Gasteiger partial charge in [-0.2, -0.15) is 0 Å². The normalized spacial score (nSPS) is 9.50. The van der Waals surface area contributed by atoms with Crippen molar-refractivity contribution in [1.82, 2.24) is 14.9 Å². The average molecular weight is 165 g/mol. The molecule has 0 atom stereocenters. The molecule has 0 aliphatic heterocycles. The molecule has 0 radical (unpaired) electrons. The smallest absolute Gasteiger partial charge is 0.287 e. The third-order valence-electron chi connectivity index (χ3n) is 1.59. The number of nitrogens with one attached hydrogen (secondary N) is 1. The van der Waals surface area contributed by atoms with E-state index in [9.17, 15) is 4.79 Å². The molecule has 0 saturated carbocycles. The van der Waals surface area contributed by atoms with E-state index in [4.69, 9.17) is 0 Å². The summed E-state index contributed by atoms with van der Waals surface area (Å²) in [5, 5.41) is 2.50. The van der Waals surface area contributed by atoms with Crippen LogP contribution in [0.1, 0.15) is 16.3 Å². The fraction of sp³-hybridized carbons (Fsp3) is 0.250. The Morgan fingerprint density at radius 3 is 3.00 bits per heavy atom. The highest BCUT2D eigenvalue weighted by atomic mass is 16.2. The first-order chi connectivity index (χ1) is 5.70. The zero-order valence-electron chi connectivity index (χ0n) is 7.16. The summed E-state index contributed by atoms with van der Waals surface area (Å²) in [5.74, 6) is 0.160. The van der Waals surface area contributed by atoms with E-state index in [0.29, 0.717) is 5.82 Å². The van der Waals surface area contributed by atoms with Gasteiger partial charge in [0.15, 0.2) is 0 Å². The average Bonchev–Trinajstić information content (AvgIpc) is 2.45. The van der Waals surface area contributed by atoms with E-state index in [1.54, 1.807) is 24.0 Å². The number of carbonyl (C=O) groups is 1. The zero-order chi connectivity index (χ0) is 9.14. The summed E-state index contributed by atoms with van der Waals surface area (Å²) in [7, 11) is 1.57. The zero-order valence-corrected chi connectivity index (χ0v) is 7.16. The minimum atomic E-state index is -0.206. The van der Waals surface area contributed by atoms with E-state index < -0.39 is 0 Å². The minimum absolute atomic E-state index is 0.206. The minimum Gasteiger partial charge on any atom is -0.352 e. The molecule has 64 valence electrons. The van der Waals surface area contributed by atoms with Gasteiger partial charge in [-0.1, -0.05) is 6.58 Å². The lowest BCUT2D eigenvalue weighted by molar-refractivity contribution is 0.0951. The Morgan fingerprint density at radius 1 is 1.83 bits per heavy atom. The largest absolute Gasteiger partial charge is 0.352 e. The van der Waals surface area contributed by atoms with Crippen molar-refractivity contribution in [2.75, 3.05) is 7.05 Å². The summed E-state index contributed by atoms with van der Waals surface area (Å²) >= 11 is 0. The highest BCUT2D eigenvalue weighted by molar-refractivity contribution is 5.91.